The van der Waals surface area contributed by atoms with Crippen molar-refractivity contribution in [1.29, 1.82) is 0 Å². The number of para-hydroxylation sites is 1. The van der Waals surface area contributed by atoms with Gasteiger partial charge in [0.1, 0.15) is 0 Å². The van der Waals surface area contributed by atoms with Crippen LogP contribution < -0.4 is 4.90 Å². The molecule has 0 aliphatic heterocycles. The second kappa shape index (κ2) is 5.36. The Bertz CT molecular complexity index is 566. The molecule has 0 saturated heterocycles. The number of aryl methyl sites for hydroxylation is 1. The van der Waals surface area contributed by atoms with E-state index in [0.717, 1.165) is 21.3 Å². The van der Waals surface area contributed by atoms with Crippen LogP contribution in [-0.2, 0) is 0 Å². The molecule has 0 saturated carbocycles. The van der Waals surface area contributed by atoms with E-state index in [1.807, 2.05) is 55.5 Å². The number of benzene rings is 2. The van der Waals surface area contributed by atoms with Crippen LogP contribution in [0, 0.1) is 6.92 Å². The average Bonchev–Trinajstić information content (AvgIpc) is 2.41. The summed E-state index contributed by atoms with van der Waals surface area (Å²) in [4.78, 5) is 14.1. The molecule has 0 bridgehead atoms. The number of nitrogens with zero attached hydrogens (tertiary/aromatic N) is 1. The summed E-state index contributed by atoms with van der Waals surface area (Å²) in [6, 6.07) is 15.4. The topological polar surface area (TPSA) is 20.3 Å². The lowest BCUT2D eigenvalue weighted by molar-refractivity contribution is 0.0992. The molecule has 0 unspecified atom stereocenters. The highest BCUT2D eigenvalue weighted by molar-refractivity contribution is 9.10. The first-order valence-electron chi connectivity index (χ1n) is 5.69. The van der Waals surface area contributed by atoms with Crippen LogP contribution in [0.5, 0.6) is 0 Å². The van der Waals surface area contributed by atoms with Gasteiger partial charge in [0.15, 0.2) is 0 Å². The monoisotopic (exact) mass is 303 g/mol. The van der Waals surface area contributed by atoms with Gasteiger partial charge in [-0.15, -0.1) is 0 Å². The van der Waals surface area contributed by atoms with Crippen molar-refractivity contribution in [3.05, 3.63) is 64.1 Å². The molecular formula is C15H14BrNO. The van der Waals surface area contributed by atoms with E-state index >= 15 is 0 Å². The summed E-state index contributed by atoms with van der Waals surface area (Å²) in [6.45, 7) is 1.94. The molecule has 2 rings (SSSR count). The van der Waals surface area contributed by atoms with Crippen molar-refractivity contribution in [2.45, 2.75) is 6.92 Å². The maximum Gasteiger partial charge on any atom is 0.258 e. The molecule has 18 heavy (non-hydrogen) atoms. The van der Waals surface area contributed by atoms with Crippen molar-refractivity contribution in [3.63, 3.8) is 0 Å². The summed E-state index contributed by atoms with van der Waals surface area (Å²) >= 11 is 3.40. The van der Waals surface area contributed by atoms with Crippen LogP contribution in [-0.4, -0.2) is 13.0 Å². The summed E-state index contributed by atoms with van der Waals surface area (Å²) < 4.78 is 0.915. The SMILES string of the molecule is Cc1ccc(Br)cc1C(=O)N(C)c1ccccc1. The van der Waals surface area contributed by atoms with Gasteiger partial charge in [-0.3, -0.25) is 4.79 Å². The standard InChI is InChI=1S/C15H14BrNO/c1-11-8-9-12(16)10-14(11)15(18)17(2)13-6-4-3-5-7-13/h3-10H,1-2H3. The van der Waals surface area contributed by atoms with Crippen molar-refractivity contribution in [2.24, 2.45) is 0 Å². The zero-order valence-electron chi connectivity index (χ0n) is 10.4. The number of anilines is 1. The van der Waals surface area contributed by atoms with Gasteiger partial charge >= 0.3 is 0 Å². The normalized spacial score (nSPS) is 10.2. The Morgan fingerprint density at radius 3 is 2.44 bits per heavy atom. The largest absolute Gasteiger partial charge is 0.311 e. The van der Waals surface area contributed by atoms with Crippen LogP contribution >= 0.6 is 15.9 Å². The first-order chi connectivity index (χ1) is 8.59. The maximum atomic E-state index is 12.4. The molecule has 3 heteroatoms. The van der Waals surface area contributed by atoms with Gasteiger partial charge < -0.3 is 4.90 Å². The van der Waals surface area contributed by atoms with Crippen LogP contribution in [0.1, 0.15) is 15.9 Å². The van der Waals surface area contributed by atoms with Crippen LogP contribution in [0.25, 0.3) is 0 Å². The third-order valence-electron chi connectivity index (χ3n) is 2.88. The molecule has 1 amide bonds. The summed E-state index contributed by atoms with van der Waals surface area (Å²) in [5.41, 5.74) is 2.59. The Morgan fingerprint density at radius 1 is 1.11 bits per heavy atom. The molecular weight excluding hydrogens is 290 g/mol. The van der Waals surface area contributed by atoms with Crippen molar-refractivity contribution in [2.75, 3.05) is 11.9 Å². The highest BCUT2D eigenvalue weighted by Crippen LogP contribution is 2.20. The number of hydrogen-bond donors (Lipinski definition) is 0. The molecule has 92 valence electrons. The van der Waals surface area contributed by atoms with E-state index in [0.29, 0.717) is 0 Å². The van der Waals surface area contributed by atoms with Gasteiger partial charge in [0.25, 0.3) is 5.91 Å². The summed E-state index contributed by atoms with van der Waals surface area (Å²) in [5.74, 6) is 0.000000000000000222. The number of rotatable bonds is 2. The molecule has 2 aromatic rings. The zero-order valence-corrected chi connectivity index (χ0v) is 11.9. The van der Waals surface area contributed by atoms with Crippen molar-refractivity contribution in [3.8, 4) is 0 Å². The fourth-order valence-electron chi connectivity index (χ4n) is 1.77. The fourth-order valence-corrected chi connectivity index (χ4v) is 2.14. The number of halogens is 1. The minimum absolute atomic E-state index is 0.000000000000000222. The molecule has 0 atom stereocenters. The maximum absolute atomic E-state index is 12.4. The van der Waals surface area contributed by atoms with Gasteiger partial charge in [0.2, 0.25) is 0 Å². The molecule has 0 heterocycles. The average molecular weight is 304 g/mol. The molecule has 2 aromatic carbocycles. The molecule has 0 spiro atoms. The second-order valence-corrected chi connectivity index (χ2v) is 5.07. The van der Waals surface area contributed by atoms with Gasteiger partial charge in [0.05, 0.1) is 0 Å². The van der Waals surface area contributed by atoms with Crippen LogP contribution in [0.15, 0.2) is 53.0 Å². The van der Waals surface area contributed by atoms with E-state index in [-0.39, 0.29) is 5.91 Å². The molecule has 2 nitrogen and oxygen atoms in total. The predicted molar refractivity (Wildman–Crippen MR) is 78.1 cm³/mol. The van der Waals surface area contributed by atoms with Crippen LogP contribution in [0.2, 0.25) is 0 Å². The Morgan fingerprint density at radius 2 is 1.78 bits per heavy atom. The fraction of sp³-hybridized carbons (Fsp3) is 0.133. The number of carbonyl (C=O) groups excluding carboxylic acids is 1. The molecule has 0 fully saturated rings. The second-order valence-electron chi connectivity index (χ2n) is 4.16. The number of hydrogen-bond acceptors (Lipinski definition) is 1. The van der Waals surface area contributed by atoms with Gasteiger partial charge in [-0.1, -0.05) is 40.2 Å². The molecule has 0 radical (unpaired) electrons. The lowest BCUT2D eigenvalue weighted by Gasteiger charge is -2.18. The zero-order chi connectivity index (χ0) is 13.1. The van der Waals surface area contributed by atoms with Gasteiger partial charge in [-0.05, 0) is 36.8 Å². The Hall–Kier alpha value is -1.61. The van der Waals surface area contributed by atoms with Crippen LogP contribution in [0.3, 0.4) is 0 Å². The summed E-state index contributed by atoms with van der Waals surface area (Å²) in [7, 11) is 1.79. The lowest BCUT2D eigenvalue weighted by Crippen LogP contribution is -2.26. The Balaban J connectivity index is 2.34. The van der Waals surface area contributed by atoms with E-state index < -0.39 is 0 Å². The Labute approximate surface area is 115 Å². The highest BCUT2D eigenvalue weighted by Gasteiger charge is 2.15. The number of carbonyl (C=O) groups is 1. The predicted octanol–water partition coefficient (Wildman–Crippen LogP) is 4.03. The van der Waals surface area contributed by atoms with E-state index in [1.165, 1.54) is 0 Å². The number of amides is 1. The van der Waals surface area contributed by atoms with Crippen molar-refractivity contribution >= 4 is 27.5 Å². The molecule has 0 aromatic heterocycles. The first-order valence-corrected chi connectivity index (χ1v) is 6.48. The van der Waals surface area contributed by atoms with Gasteiger partial charge in [-0.25, -0.2) is 0 Å². The van der Waals surface area contributed by atoms with E-state index in [4.69, 9.17) is 0 Å². The third kappa shape index (κ3) is 2.62. The summed E-state index contributed by atoms with van der Waals surface area (Å²) in [5, 5.41) is 0. The first kappa shape index (κ1) is 12.8. The van der Waals surface area contributed by atoms with E-state index in [1.54, 1.807) is 11.9 Å². The van der Waals surface area contributed by atoms with E-state index in [2.05, 4.69) is 15.9 Å². The highest BCUT2D eigenvalue weighted by atomic mass is 79.9. The van der Waals surface area contributed by atoms with Gasteiger partial charge in [-0.2, -0.15) is 0 Å². The summed E-state index contributed by atoms with van der Waals surface area (Å²) in [6.07, 6.45) is 0. The third-order valence-corrected chi connectivity index (χ3v) is 3.37. The van der Waals surface area contributed by atoms with Gasteiger partial charge in [0, 0.05) is 22.8 Å². The molecule has 0 aliphatic rings. The quantitative estimate of drug-likeness (QED) is 0.820. The smallest absolute Gasteiger partial charge is 0.258 e. The minimum atomic E-state index is 0.000000000000000222. The lowest BCUT2D eigenvalue weighted by atomic mass is 10.1. The molecule has 0 aliphatic carbocycles. The van der Waals surface area contributed by atoms with Crippen molar-refractivity contribution < 1.29 is 4.79 Å². The van der Waals surface area contributed by atoms with Crippen molar-refractivity contribution in [1.82, 2.24) is 0 Å². The van der Waals surface area contributed by atoms with E-state index in [9.17, 15) is 4.79 Å². The Kier molecular flexibility index (Phi) is 3.82. The van der Waals surface area contributed by atoms with Crippen LogP contribution in [0.4, 0.5) is 5.69 Å². The molecule has 0 N–H and O–H groups in total. The minimum Gasteiger partial charge on any atom is -0.311 e.